The molecule has 1 aromatic carbocycles. The number of hydrogen-bond donors (Lipinski definition) is 2. The van der Waals surface area contributed by atoms with Crippen LogP contribution in [0.4, 0.5) is 4.79 Å². The van der Waals surface area contributed by atoms with Gasteiger partial charge in [-0.1, -0.05) is 24.6 Å². The molecule has 0 bridgehead atoms. The molecule has 1 aliphatic carbocycles. The molecule has 2 aliphatic rings. The van der Waals surface area contributed by atoms with Gasteiger partial charge in [-0.3, -0.25) is 19.3 Å². The van der Waals surface area contributed by atoms with Crippen molar-refractivity contribution in [3.8, 4) is 0 Å². The van der Waals surface area contributed by atoms with E-state index < -0.39 is 56.5 Å². The lowest BCUT2D eigenvalue weighted by atomic mass is 10.1. The molecule has 3 atom stereocenters. The van der Waals surface area contributed by atoms with Crippen LogP contribution in [0.2, 0.25) is 0 Å². The Bertz CT molecular complexity index is 1190. The van der Waals surface area contributed by atoms with Crippen molar-refractivity contribution in [1.29, 1.82) is 0 Å². The molecule has 2 N–H and O–H groups in total. The molecule has 3 rings (SSSR count). The van der Waals surface area contributed by atoms with Gasteiger partial charge in [0.2, 0.25) is 11.7 Å². The molecule has 37 heavy (non-hydrogen) atoms. The van der Waals surface area contributed by atoms with Gasteiger partial charge in [0.1, 0.15) is 11.6 Å². The van der Waals surface area contributed by atoms with Gasteiger partial charge >= 0.3 is 6.09 Å². The van der Waals surface area contributed by atoms with E-state index in [1.807, 2.05) is 6.92 Å². The quantitative estimate of drug-likeness (QED) is 0.487. The molecule has 3 amide bonds. The zero-order valence-corrected chi connectivity index (χ0v) is 23.1. The number of carbonyl (C=O) groups excluding carboxylic acids is 4. The maximum atomic E-state index is 13.6. The number of ether oxygens (including phenoxy) is 1. The lowest BCUT2D eigenvalue weighted by Gasteiger charge is -2.28. The summed E-state index contributed by atoms with van der Waals surface area (Å²) in [5.41, 5.74) is 0.623. The third-order valence-electron chi connectivity index (χ3n) is 6.45. The molecule has 0 radical (unpaired) electrons. The van der Waals surface area contributed by atoms with Crippen molar-refractivity contribution >= 4 is 33.5 Å². The molecule has 1 aromatic rings. The maximum Gasteiger partial charge on any atom is 0.411 e. The molecular formula is C26H37N3O7S. The molecule has 0 aromatic heterocycles. The first-order valence-electron chi connectivity index (χ1n) is 12.6. The van der Waals surface area contributed by atoms with Crippen LogP contribution in [0.25, 0.3) is 0 Å². The summed E-state index contributed by atoms with van der Waals surface area (Å²) in [4.78, 5) is 52.5. The number of carbonyl (C=O) groups is 4. The SMILES string of the molecule is CC[C@H](NC(=O)C1CC(S(=O)(=O)c2ccc(C)cc2C)CN1C(=O)OC(C)(C)C)C(=O)C(=O)NC1CC1. The van der Waals surface area contributed by atoms with E-state index in [4.69, 9.17) is 4.74 Å². The van der Waals surface area contributed by atoms with Crippen LogP contribution in [-0.4, -0.2) is 72.5 Å². The molecule has 1 heterocycles. The van der Waals surface area contributed by atoms with Crippen LogP contribution >= 0.6 is 0 Å². The summed E-state index contributed by atoms with van der Waals surface area (Å²) in [5, 5.41) is 4.13. The minimum Gasteiger partial charge on any atom is -0.444 e. The summed E-state index contributed by atoms with van der Waals surface area (Å²) in [6.07, 6.45) is 0.791. The second-order valence-corrected chi connectivity index (χ2v) is 13.1. The van der Waals surface area contributed by atoms with Gasteiger partial charge in [0.15, 0.2) is 9.84 Å². The van der Waals surface area contributed by atoms with Gasteiger partial charge in [-0.25, -0.2) is 13.2 Å². The first-order chi connectivity index (χ1) is 17.1. The van der Waals surface area contributed by atoms with E-state index in [9.17, 15) is 27.6 Å². The standard InChI is InChI=1S/C26H37N3O7S/c1-7-19(22(30)24(32)27-17-9-10-17)28-23(31)20-13-18(14-29(20)25(33)36-26(4,5)6)37(34,35)21-11-8-15(2)12-16(21)3/h8,11-12,17-20H,7,9-10,13-14H2,1-6H3,(H,27,32)(H,28,31)/t18?,19-,20?/m0/s1. The van der Waals surface area contributed by atoms with Crippen molar-refractivity contribution in [2.24, 2.45) is 0 Å². The Morgan fingerprint density at radius 2 is 1.78 bits per heavy atom. The molecular weight excluding hydrogens is 498 g/mol. The third kappa shape index (κ3) is 6.88. The van der Waals surface area contributed by atoms with Crippen molar-refractivity contribution < 1.29 is 32.3 Å². The average molecular weight is 536 g/mol. The van der Waals surface area contributed by atoms with Gasteiger partial charge in [0.05, 0.1) is 16.2 Å². The minimum absolute atomic E-state index is 0.0154. The van der Waals surface area contributed by atoms with E-state index in [-0.39, 0.29) is 30.3 Å². The molecule has 11 heteroatoms. The van der Waals surface area contributed by atoms with Crippen LogP contribution in [-0.2, 0) is 29.0 Å². The number of hydrogen-bond acceptors (Lipinski definition) is 7. The number of rotatable bonds is 8. The van der Waals surface area contributed by atoms with Crippen LogP contribution in [0.3, 0.4) is 0 Å². The van der Waals surface area contributed by atoms with E-state index >= 15 is 0 Å². The maximum absolute atomic E-state index is 13.6. The largest absolute Gasteiger partial charge is 0.444 e. The smallest absolute Gasteiger partial charge is 0.411 e. The number of sulfone groups is 1. The summed E-state index contributed by atoms with van der Waals surface area (Å²) in [5.74, 6) is -2.24. The Morgan fingerprint density at radius 1 is 1.14 bits per heavy atom. The fourth-order valence-electron chi connectivity index (χ4n) is 4.35. The Labute approximate surface area is 218 Å². The van der Waals surface area contributed by atoms with Crippen LogP contribution in [0, 0.1) is 13.8 Å². The van der Waals surface area contributed by atoms with Crippen LogP contribution in [0.5, 0.6) is 0 Å². The van der Waals surface area contributed by atoms with Crippen LogP contribution in [0.15, 0.2) is 23.1 Å². The molecule has 204 valence electrons. The summed E-state index contributed by atoms with van der Waals surface area (Å²) < 4.78 is 32.6. The first-order valence-corrected chi connectivity index (χ1v) is 14.1. The molecule has 2 unspecified atom stereocenters. The van der Waals surface area contributed by atoms with E-state index in [1.54, 1.807) is 46.8 Å². The summed E-state index contributed by atoms with van der Waals surface area (Å²) in [6.45, 7) is 9.99. The summed E-state index contributed by atoms with van der Waals surface area (Å²) in [7, 11) is -3.89. The monoisotopic (exact) mass is 535 g/mol. The van der Waals surface area contributed by atoms with Gasteiger partial charge < -0.3 is 15.4 Å². The van der Waals surface area contributed by atoms with Crippen molar-refractivity contribution in [3.63, 3.8) is 0 Å². The highest BCUT2D eigenvalue weighted by Crippen LogP contribution is 2.31. The predicted molar refractivity (Wildman–Crippen MR) is 137 cm³/mol. The van der Waals surface area contributed by atoms with Crippen LogP contribution < -0.4 is 10.6 Å². The van der Waals surface area contributed by atoms with Crippen LogP contribution in [0.1, 0.15) is 64.5 Å². The number of ketones is 1. The number of amides is 3. The van der Waals surface area contributed by atoms with Gasteiger partial charge in [0, 0.05) is 12.6 Å². The Kier molecular flexibility index (Phi) is 8.36. The van der Waals surface area contributed by atoms with Crippen molar-refractivity contribution in [1.82, 2.24) is 15.5 Å². The van der Waals surface area contributed by atoms with Crippen molar-refractivity contribution in [2.45, 2.75) is 101 Å². The number of likely N-dealkylation sites (tertiary alicyclic amines) is 1. The molecule has 10 nitrogen and oxygen atoms in total. The molecule has 1 saturated carbocycles. The Hall–Kier alpha value is -2.95. The van der Waals surface area contributed by atoms with E-state index in [2.05, 4.69) is 10.6 Å². The minimum atomic E-state index is -3.89. The fourth-order valence-corrected chi connectivity index (χ4v) is 6.27. The summed E-state index contributed by atoms with van der Waals surface area (Å²) >= 11 is 0. The molecule has 2 fully saturated rings. The van der Waals surface area contributed by atoms with E-state index in [1.165, 1.54) is 6.07 Å². The first kappa shape index (κ1) is 28.6. The third-order valence-corrected chi connectivity index (χ3v) is 8.74. The Morgan fingerprint density at radius 3 is 2.32 bits per heavy atom. The highest BCUT2D eigenvalue weighted by molar-refractivity contribution is 7.92. The zero-order chi connectivity index (χ0) is 27.7. The normalized spacial score (nSPS) is 20.8. The highest BCUT2D eigenvalue weighted by Gasteiger charge is 2.47. The van der Waals surface area contributed by atoms with Gasteiger partial charge in [-0.05, 0) is 71.9 Å². The van der Waals surface area contributed by atoms with Crippen molar-refractivity contribution in [2.75, 3.05) is 6.54 Å². The van der Waals surface area contributed by atoms with E-state index in [0.717, 1.165) is 23.3 Å². The zero-order valence-electron chi connectivity index (χ0n) is 22.3. The number of benzene rings is 1. The lowest BCUT2D eigenvalue weighted by molar-refractivity contribution is -0.140. The molecule has 1 saturated heterocycles. The topological polar surface area (TPSA) is 139 Å². The fraction of sp³-hybridized carbons (Fsp3) is 0.615. The van der Waals surface area contributed by atoms with Gasteiger partial charge in [-0.15, -0.1) is 0 Å². The number of nitrogens with zero attached hydrogens (tertiary/aromatic N) is 1. The number of aryl methyl sites for hydroxylation is 2. The molecule has 1 aliphatic heterocycles. The van der Waals surface area contributed by atoms with Crippen molar-refractivity contribution in [3.05, 3.63) is 29.3 Å². The average Bonchev–Trinajstić information content (AvgIpc) is 3.47. The lowest BCUT2D eigenvalue weighted by Crippen LogP contribution is -2.53. The van der Waals surface area contributed by atoms with Gasteiger partial charge in [-0.2, -0.15) is 0 Å². The number of Topliss-reactive ketones (excluding diaryl/α,β-unsaturated/α-hetero) is 1. The summed E-state index contributed by atoms with van der Waals surface area (Å²) in [6, 6.07) is 2.71. The predicted octanol–water partition coefficient (Wildman–Crippen LogP) is 2.20. The molecule has 0 spiro atoms. The second kappa shape index (κ2) is 10.8. The van der Waals surface area contributed by atoms with Gasteiger partial charge in [0.25, 0.3) is 5.91 Å². The second-order valence-electron chi connectivity index (χ2n) is 10.9. The van der Waals surface area contributed by atoms with E-state index in [0.29, 0.717) is 5.56 Å². The number of nitrogens with one attached hydrogen (secondary N) is 2. The Balaban J connectivity index is 1.85. The highest BCUT2D eigenvalue weighted by atomic mass is 32.2.